The van der Waals surface area contributed by atoms with Crippen molar-refractivity contribution in [1.82, 2.24) is 15.1 Å². The molecule has 3 rings (SSSR count). The van der Waals surface area contributed by atoms with Crippen LogP contribution < -0.4 is 5.32 Å². The molecule has 0 saturated carbocycles. The van der Waals surface area contributed by atoms with Crippen molar-refractivity contribution in [2.75, 3.05) is 45.9 Å². The molecule has 150 valence electrons. The minimum Gasteiger partial charge on any atom is -0.379 e. The Kier molecular flexibility index (Phi) is 8.71. The minimum absolute atomic E-state index is 0. The third-order valence-electron chi connectivity index (χ3n) is 4.89. The van der Waals surface area contributed by atoms with Gasteiger partial charge in [-0.2, -0.15) is 0 Å². The van der Waals surface area contributed by atoms with Gasteiger partial charge in [0.15, 0.2) is 5.96 Å². The molecule has 2 heterocycles. The van der Waals surface area contributed by atoms with E-state index in [9.17, 15) is 10.1 Å². The van der Waals surface area contributed by atoms with Crippen molar-refractivity contribution in [3.63, 3.8) is 0 Å². The smallest absolute Gasteiger partial charge is 0.269 e. The highest BCUT2D eigenvalue weighted by molar-refractivity contribution is 14.0. The molecule has 0 bridgehead atoms. The van der Waals surface area contributed by atoms with E-state index in [0.717, 1.165) is 63.9 Å². The molecule has 2 aliphatic heterocycles. The van der Waals surface area contributed by atoms with Gasteiger partial charge < -0.3 is 15.0 Å². The highest BCUT2D eigenvalue weighted by atomic mass is 127. The molecule has 1 unspecified atom stereocenters. The fraction of sp³-hybridized carbons (Fsp3) is 0.611. The monoisotopic (exact) mass is 489 g/mol. The number of halogens is 1. The highest BCUT2D eigenvalue weighted by Crippen LogP contribution is 2.18. The van der Waals surface area contributed by atoms with Crippen LogP contribution in [-0.2, 0) is 11.3 Å². The van der Waals surface area contributed by atoms with Crippen molar-refractivity contribution in [2.45, 2.75) is 25.9 Å². The lowest BCUT2D eigenvalue weighted by Gasteiger charge is -2.32. The van der Waals surface area contributed by atoms with Crippen LogP contribution in [0.15, 0.2) is 29.3 Å². The molecule has 2 fully saturated rings. The number of morpholine rings is 1. The van der Waals surface area contributed by atoms with E-state index in [1.165, 1.54) is 6.07 Å². The zero-order chi connectivity index (χ0) is 18.4. The molecule has 0 radical (unpaired) electrons. The van der Waals surface area contributed by atoms with Gasteiger partial charge >= 0.3 is 0 Å². The second-order valence-electron chi connectivity index (χ2n) is 6.63. The zero-order valence-electron chi connectivity index (χ0n) is 15.7. The van der Waals surface area contributed by atoms with Crippen molar-refractivity contribution in [3.05, 3.63) is 39.9 Å². The number of hydrogen-bond acceptors (Lipinski definition) is 5. The molecule has 2 aliphatic rings. The number of ether oxygens (including phenoxy) is 1. The normalized spacial score (nSPS) is 21.0. The number of nitrogens with zero attached hydrogens (tertiary/aromatic N) is 4. The highest BCUT2D eigenvalue weighted by Gasteiger charge is 2.30. The Morgan fingerprint density at radius 2 is 2.15 bits per heavy atom. The summed E-state index contributed by atoms with van der Waals surface area (Å²) in [6.45, 7) is 8.85. The van der Waals surface area contributed by atoms with Gasteiger partial charge in [0.2, 0.25) is 0 Å². The Labute approximate surface area is 177 Å². The predicted molar refractivity (Wildman–Crippen MR) is 116 cm³/mol. The second kappa shape index (κ2) is 10.8. The maximum Gasteiger partial charge on any atom is 0.269 e. The van der Waals surface area contributed by atoms with E-state index in [0.29, 0.717) is 12.6 Å². The summed E-state index contributed by atoms with van der Waals surface area (Å²) >= 11 is 0. The summed E-state index contributed by atoms with van der Waals surface area (Å²) in [7, 11) is 0. The summed E-state index contributed by atoms with van der Waals surface area (Å²) in [5.74, 6) is 0.884. The van der Waals surface area contributed by atoms with Crippen LogP contribution in [0.2, 0.25) is 0 Å². The molecule has 1 N–H and O–H groups in total. The summed E-state index contributed by atoms with van der Waals surface area (Å²) in [5, 5.41) is 14.3. The molecular formula is C18H28IN5O3. The molecule has 0 aliphatic carbocycles. The summed E-state index contributed by atoms with van der Waals surface area (Å²) in [5.41, 5.74) is 0.954. The van der Waals surface area contributed by atoms with E-state index in [2.05, 4.69) is 22.0 Å². The lowest BCUT2D eigenvalue weighted by Crippen LogP contribution is -2.46. The first-order valence-corrected chi connectivity index (χ1v) is 9.25. The molecule has 1 aromatic carbocycles. The summed E-state index contributed by atoms with van der Waals surface area (Å²) < 4.78 is 5.45. The third-order valence-corrected chi connectivity index (χ3v) is 4.89. The molecule has 1 atom stereocenters. The van der Waals surface area contributed by atoms with Gasteiger partial charge in [-0.05, 0) is 18.9 Å². The van der Waals surface area contributed by atoms with Gasteiger partial charge in [0.05, 0.1) is 24.7 Å². The minimum atomic E-state index is -0.369. The SMILES string of the molecule is CCNC(=NCc1cccc([N+](=O)[O-])c1)N1CCC(N2CCOCC2)C1.I. The Balaban J connectivity index is 0.00000261. The van der Waals surface area contributed by atoms with E-state index < -0.39 is 0 Å². The molecule has 0 spiro atoms. The number of likely N-dealkylation sites (tertiary alicyclic amines) is 1. The standard InChI is InChI=1S/C18H27N5O3.HI/c1-2-19-18(20-13-15-4-3-5-16(12-15)23(24)25)22-7-6-17(14-22)21-8-10-26-11-9-21;/h3-5,12,17H,2,6-11,13-14H2,1H3,(H,19,20);1H. The second-order valence-corrected chi connectivity index (χ2v) is 6.63. The fourth-order valence-electron chi connectivity index (χ4n) is 3.54. The lowest BCUT2D eigenvalue weighted by atomic mass is 10.2. The molecular weight excluding hydrogens is 461 g/mol. The first-order chi connectivity index (χ1) is 12.7. The first-order valence-electron chi connectivity index (χ1n) is 9.25. The van der Waals surface area contributed by atoms with Gasteiger partial charge in [-0.25, -0.2) is 4.99 Å². The van der Waals surface area contributed by atoms with E-state index in [1.54, 1.807) is 12.1 Å². The Bertz CT molecular complexity index is 652. The van der Waals surface area contributed by atoms with Crippen LogP contribution in [0, 0.1) is 10.1 Å². The topological polar surface area (TPSA) is 83.2 Å². The van der Waals surface area contributed by atoms with Gasteiger partial charge in [0.25, 0.3) is 5.69 Å². The maximum atomic E-state index is 10.9. The van der Waals surface area contributed by atoms with Crippen molar-refractivity contribution in [1.29, 1.82) is 0 Å². The van der Waals surface area contributed by atoms with Crippen LogP contribution in [0.5, 0.6) is 0 Å². The largest absolute Gasteiger partial charge is 0.379 e. The molecule has 27 heavy (non-hydrogen) atoms. The van der Waals surface area contributed by atoms with Gasteiger partial charge in [-0.3, -0.25) is 15.0 Å². The quantitative estimate of drug-likeness (QED) is 0.224. The third kappa shape index (κ3) is 6.01. The number of aliphatic imine (C=N–C) groups is 1. The van der Waals surface area contributed by atoms with E-state index in [4.69, 9.17) is 9.73 Å². The molecule has 8 nitrogen and oxygen atoms in total. The molecule has 0 amide bonds. The number of hydrogen-bond donors (Lipinski definition) is 1. The number of nitro groups is 1. The number of nitro benzene ring substituents is 1. The van der Waals surface area contributed by atoms with Crippen LogP contribution in [0.3, 0.4) is 0 Å². The van der Waals surface area contributed by atoms with Crippen LogP contribution in [0.25, 0.3) is 0 Å². The van der Waals surface area contributed by atoms with Crippen molar-refractivity contribution in [3.8, 4) is 0 Å². The fourth-order valence-corrected chi connectivity index (χ4v) is 3.54. The maximum absolute atomic E-state index is 10.9. The van der Waals surface area contributed by atoms with Gasteiger partial charge in [-0.1, -0.05) is 12.1 Å². The van der Waals surface area contributed by atoms with Gasteiger partial charge in [-0.15, -0.1) is 24.0 Å². The van der Waals surface area contributed by atoms with Crippen molar-refractivity contribution < 1.29 is 9.66 Å². The average Bonchev–Trinajstić information content (AvgIpc) is 3.16. The van der Waals surface area contributed by atoms with Gasteiger partial charge in [0, 0.05) is 50.9 Å². The van der Waals surface area contributed by atoms with Crippen LogP contribution >= 0.6 is 24.0 Å². The van der Waals surface area contributed by atoms with E-state index in [1.807, 2.05) is 6.07 Å². The molecule has 1 aromatic rings. The number of nitrogens with one attached hydrogen (secondary N) is 1. The van der Waals surface area contributed by atoms with Crippen LogP contribution in [0.4, 0.5) is 5.69 Å². The van der Waals surface area contributed by atoms with Gasteiger partial charge in [0.1, 0.15) is 0 Å². The Morgan fingerprint density at radius 3 is 2.85 bits per heavy atom. The van der Waals surface area contributed by atoms with E-state index >= 15 is 0 Å². The predicted octanol–water partition coefficient (Wildman–Crippen LogP) is 2.08. The number of benzene rings is 1. The molecule has 9 heteroatoms. The Hall–Kier alpha value is -1.46. The average molecular weight is 489 g/mol. The number of guanidine groups is 1. The molecule has 2 saturated heterocycles. The summed E-state index contributed by atoms with van der Waals surface area (Å²) in [6, 6.07) is 7.22. The first kappa shape index (κ1) is 21.8. The summed E-state index contributed by atoms with van der Waals surface area (Å²) in [6.07, 6.45) is 1.13. The lowest BCUT2D eigenvalue weighted by molar-refractivity contribution is -0.384. The zero-order valence-corrected chi connectivity index (χ0v) is 18.0. The number of non-ortho nitro benzene ring substituents is 1. The van der Waals surface area contributed by atoms with Crippen LogP contribution in [0.1, 0.15) is 18.9 Å². The number of rotatable bonds is 5. The van der Waals surface area contributed by atoms with Crippen molar-refractivity contribution >= 4 is 35.6 Å². The van der Waals surface area contributed by atoms with Crippen LogP contribution in [-0.4, -0.2) is 72.7 Å². The molecule has 0 aromatic heterocycles. The van der Waals surface area contributed by atoms with E-state index in [-0.39, 0.29) is 34.6 Å². The van der Waals surface area contributed by atoms with Crippen molar-refractivity contribution in [2.24, 2.45) is 4.99 Å². The Morgan fingerprint density at radius 1 is 1.37 bits per heavy atom. The summed E-state index contributed by atoms with van der Waals surface area (Å²) in [4.78, 5) is 20.1.